The van der Waals surface area contributed by atoms with Gasteiger partial charge in [-0.3, -0.25) is 14.8 Å². The summed E-state index contributed by atoms with van der Waals surface area (Å²) in [4.78, 5) is 23.8. The summed E-state index contributed by atoms with van der Waals surface area (Å²) in [5.41, 5.74) is -0.0678. The maximum Gasteiger partial charge on any atom is 0.418 e. The molecule has 8 heteroatoms. The highest BCUT2D eigenvalue weighted by Crippen LogP contribution is 2.57. The minimum atomic E-state index is -4.49. The number of alkyl halides is 3. The molecule has 6 rings (SSSR count). The molecule has 1 aliphatic heterocycles. The van der Waals surface area contributed by atoms with Gasteiger partial charge in [0.25, 0.3) is 0 Å². The van der Waals surface area contributed by atoms with Crippen LogP contribution >= 0.6 is 0 Å². The molecular weight excluding hydrogens is 429 g/mol. The maximum absolute atomic E-state index is 13.5. The number of benzene rings is 1. The van der Waals surface area contributed by atoms with Crippen LogP contribution in [0.1, 0.15) is 56.9 Å². The first kappa shape index (κ1) is 21.2. The first-order valence-corrected chi connectivity index (χ1v) is 12.2. The van der Waals surface area contributed by atoms with Gasteiger partial charge in [0.05, 0.1) is 17.2 Å². The smallest absolute Gasteiger partial charge is 0.368 e. The lowest BCUT2D eigenvalue weighted by atomic mass is 9.68. The van der Waals surface area contributed by atoms with Gasteiger partial charge in [-0.15, -0.1) is 0 Å². The zero-order valence-electron chi connectivity index (χ0n) is 18.6. The third kappa shape index (κ3) is 3.56. The molecule has 1 amide bonds. The highest BCUT2D eigenvalue weighted by molar-refractivity contribution is 5.92. The Kier molecular flexibility index (Phi) is 4.86. The van der Waals surface area contributed by atoms with E-state index in [4.69, 9.17) is 0 Å². The Morgan fingerprint density at radius 1 is 1.00 bits per heavy atom. The quantitative estimate of drug-likeness (QED) is 0.707. The van der Waals surface area contributed by atoms with E-state index in [1.54, 1.807) is 0 Å². The molecule has 1 saturated heterocycles. The van der Waals surface area contributed by atoms with Crippen LogP contribution in [0.15, 0.2) is 24.5 Å². The van der Waals surface area contributed by atoms with Gasteiger partial charge < -0.3 is 10.2 Å². The van der Waals surface area contributed by atoms with Gasteiger partial charge in [-0.1, -0.05) is 12.8 Å². The molecule has 0 radical (unpaired) electrons. The normalized spacial score (nSPS) is 30.6. The molecule has 5 nitrogen and oxygen atoms in total. The van der Waals surface area contributed by atoms with Crippen molar-refractivity contribution in [3.05, 3.63) is 30.1 Å². The summed E-state index contributed by atoms with van der Waals surface area (Å²) in [6, 6.07) is 2.90. The van der Waals surface area contributed by atoms with Crippen LogP contribution in [0.4, 0.5) is 18.9 Å². The Balaban J connectivity index is 1.27. The van der Waals surface area contributed by atoms with Crippen LogP contribution in [0.5, 0.6) is 0 Å². The minimum absolute atomic E-state index is 0.0644. The van der Waals surface area contributed by atoms with E-state index in [2.05, 4.69) is 20.2 Å². The summed E-state index contributed by atoms with van der Waals surface area (Å²) in [6.45, 7) is 1.20. The number of amides is 1. The highest BCUT2D eigenvalue weighted by atomic mass is 19.4. The van der Waals surface area contributed by atoms with E-state index < -0.39 is 11.7 Å². The molecule has 2 aromatic rings. The van der Waals surface area contributed by atoms with E-state index in [9.17, 15) is 18.0 Å². The fourth-order valence-electron chi connectivity index (χ4n) is 6.88. The summed E-state index contributed by atoms with van der Waals surface area (Å²) >= 11 is 0. The molecular formula is C25H29F3N4O. The van der Waals surface area contributed by atoms with Crippen molar-refractivity contribution in [1.82, 2.24) is 15.3 Å². The number of nitrogens with one attached hydrogen (secondary N) is 1. The largest absolute Gasteiger partial charge is 0.418 e. The monoisotopic (exact) mass is 458 g/mol. The highest BCUT2D eigenvalue weighted by Gasteiger charge is 2.58. The molecule has 1 atom stereocenters. The van der Waals surface area contributed by atoms with Crippen molar-refractivity contribution in [3.8, 4) is 0 Å². The van der Waals surface area contributed by atoms with Crippen molar-refractivity contribution >= 4 is 22.6 Å². The van der Waals surface area contributed by atoms with Gasteiger partial charge in [0.15, 0.2) is 0 Å². The first-order chi connectivity index (χ1) is 15.9. The third-order valence-electron chi connectivity index (χ3n) is 8.73. The molecule has 33 heavy (non-hydrogen) atoms. The summed E-state index contributed by atoms with van der Waals surface area (Å²) in [7, 11) is 0. The second-order valence-corrected chi connectivity index (χ2v) is 10.6. The van der Waals surface area contributed by atoms with Gasteiger partial charge in [0.2, 0.25) is 5.91 Å². The molecule has 2 bridgehead atoms. The molecule has 1 aromatic carbocycles. The van der Waals surface area contributed by atoms with Crippen LogP contribution in [-0.2, 0) is 11.0 Å². The Morgan fingerprint density at radius 3 is 2.24 bits per heavy atom. The second kappa shape index (κ2) is 7.57. The number of carbonyl (C=O) groups is 1. The van der Waals surface area contributed by atoms with E-state index >= 15 is 0 Å². The maximum atomic E-state index is 13.5. The van der Waals surface area contributed by atoms with Gasteiger partial charge >= 0.3 is 6.18 Å². The van der Waals surface area contributed by atoms with E-state index in [1.165, 1.54) is 57.0 Å². The number of fused-ring (bicyclic) bond motifs is 3. The van der Waals surface area contributed by atoms with E-state index in [1.807, 2.05) is 0 Å². The van der Waals surface area contributed by atoms with Crippen molar-refractivity contribution in [2.45, 2.75) is 63.6 Å². The average Bonchev–Trinajstić information content (AvgIpc) is 3.44. The molecule has 1 N–H and O–H groups in total. The van der Waals surface area contributed by atoms with Crippen LogP contribution in [0.2, 0.25) is 0 Å². The van der Waals surface area contributed by atoms with Crippen molar-refractivity contribution < 1.29 is 18.0 Å². The van der Waals surface area contributed by atoms with E-state index in [0.29, 0.717) is 36.7 Å². The lowest BCUT2D eigenvalue weighted by molar-refractivity contribution is -0.136. The topological polar surface area (TPSA) is 58.1 Å². The summed E-state index contributed by atoms with van der Waals surface area (Å²) in [5.74, 6) is 1.21. The van der Waals surface area contributed by atoms with Crippen molar-refractivity contribution in [1.29, 1.82) is 0 Å². The zero-order valence-corrected chi connectivity index (χ0v) is 18.6. The number of rotatable bonds is 3. The van der Waals surface area contributed by atoms with Crippen LogP contribution in [-0.4, -0.2) is 35.0 Å². The predicted molar refractivity (Wildman–Crippen MR) is 119 cm³/mol. The van der Waals surface area contributed by atoms with E-state index in [0.717, 1.165) is 18.9 Å². The fraction of sp³-hybridized carbons (Fsp3) is 0.640. The standard InChI is InChI=1S/C25H29F3N4O/c26-25(27,28)17-7-8-19(22-21(17)29-11-12-30-22)32-13-18(24(14-32)9-10-24)23(33)31-20-15-3-1-4-16(20)6-2-5-15/h7-8,11-12,15-16,18,20H,1-6,9-10,13-14H2,(H,31,33). The SMILES string of the molecule is O=C(NC1C2CCCC1CCC2)C1CN(c2ccc(C(F)(F)F)c3nccnc23)CC12CC2. The number of hydrogen-bond acceptors (Lipinski definition) is 4. The molecule has 1 spiro atoms. The molecule has 1 unspecified atom stereocenters. The molecule has 1 aromatic heterocycles. The van der Waals surface area contributed by atoms with Crippen LogP contribution in [0, 0.1) is 23.2 Å². The van der Waals surface area contributed by atoms with Crippen molar-refractivity contribution in [2.24, 2.45) is 23.2 Å². The average molecular weight is 459 g/mol. The second-order valence-electron chi connectivity index (χ2n) is 10.6. The lowest BCUT2D eigenvalue weighted by Gasteiger charge is -2.43. The van der Waals surface area contributed by atoms with Crippen LogP contribution in [0.3, 0.4) is 0 Å². The Hall–Kier alpha value is -2.38. The Labute approximate surface area is 191 Å². The third-order valence-corrected chi connectivity index (χ3v) is 8.73. The van der Waals surface area contributed by atoms with Gasteiger partial charge in [-0.25, -0.2) is 0 Å². The fourth-order valence-corrected chi connectivity index (χ4v) is 6.88. The number of aromatic nitrogens is 2. The minimum Gasteiger partial charge on any atom is -0.368 e. The number of hydrogen-bond donors (Lipinski definition) is 1. The number of anilines is 1. The zero-order chi connectivity index (χ0) is 22.8. The van der Waals surface area contributed by atoms with Crippen LogP contribution in [0.25, 0.3) is 11.0 Å². The summed E-state index contributed by atoms with van der Waals surface area (Å²) in [5, 5.41) is 3.45. The van der Waals surface area contributed by atoms with Crippen molar-refractivity contribution in [2.75, 3.05) is 18.0 Å². The molecule has 4 fully saturated rings. The molecule has 176 valence electrons. The Bertz CT molecular complexity index is 1060. The van der Waals surface area contributed by atoms with Gasteiger partial charge in [0, 0.05) is 36.9 Å². The molecule has 2 heterocycles. The summed E-state index contributed by atoms with van der Waals surface area (Å²) in [6.07, 6.45) is 7.59. The Morgan fingerprint density at radius 2 is 1.64 bits per heavy atom. The number of nitrogens with zero attached hydrogens (tertiary/aromatic N) is 3. The lowest BCUT2D eigenvalue weighted by Crippen LogP contribution is -2.52. The number of carbonyl (C=O) groups excluding carboxylic acids is 1. The van der Waals surface area contributed by atoms with Gasteiger partial charge in [-0.05, 0) is 62.5 Å². The molecule has 3 aliphatic carbocycles. The van der Waals surface area contributed by atoms with Crippen molar-refractivity contribution in [3.63, 3.8) is 0 Å². The van der Waals surface area contributed by atoms with Crippen LogP contribution < -0.4 is 10.2 Å². The first-order valence-electron chi connectivity index (χ1n) is 12.2. The molecule has 3 saturated carbocycles. The predicted octanol–water partition coefficient (Wildman–Crippen LogP) is 4.95. The van der Waals surface area contributed by atoms with Gasteiger partial charge in [0.1, 0.15) is 11.0 Å². The van der Waals surface area contributed by atoms with E-state index in [-0.39, 0.29) is 28.3 Å². The summed E-state index contributed by atoms with van der Waals surface area (Å²) < 4.78 is 40.5. The van der Waals surface area contributed by atoms with Gasteiger partial charge in [-0.2, -0.15) is 13.2 Å². The number of halogens is 3. The molecule has 4 aliphatic rings.